The number of nitrogens with two attached hydrogens (primary N) is 1. The fourth-order valence-electron chi connectivity index (χ4n) is 1.57. The highest BCUT2D eigenvalue weighted by molar-refractivity contribution is 7.86. The van der Waals surface area contributed by atoms with E-state index in [2.05, 4.69) is 5.32 Å². The van der Waals surface area contributed by atoms with Crippen LogP contribution in [0.2, 0.25) is 0 Å². The Kier molecular flexibility index (Phi) is 5.16. The van der Waals surface area contributed by atoms with Crippen LogP contribution in [0.4, 0.5) is 5.69 Å². The fourth-order valence-corrected chi connectivity index (χ4v) is 2.74. The van der Waals surface area contributed by atoms with Crippen molar-refractivity contribution >= 4 is 22.4 Å². The number of nitrogens with one attached hydrogen (secondary N) is 1. The van der Waals surface area contributed by atoms with E-state index in [-0.39, 0.29) is 11.4 Å². The van der Waals surface area contributed by atoms with Crippen LogP contribution in [0, 0.1) is 0 Å². The average Bonchev–Trinajstić information content (AvgIpc) is 2.35. The summed E-state index contributed by atoms with van der Waals surface area (Å²) in [6.07, 6.45) is 0. The number of nitrogen functional groups attached to an aromatic ring is 1. The molecule has 0 heterocycles. The molecule has 2 unspecified atom stereocenters. The van der Waals surface area contributed by atoms with Crippen molar-refractivity contribution in [2.45, 2.75) is 43.4 Å². The summed E-state index contributed by atoms with van der Waals surface area (Å²) in [6, 6.07) is 4.92. The standard InChI is InChI=1S/C14H22N2O3S/c1-9(13(17)16-14(2,3)4)20(18)12-8-10(19-5)6-7-11(12)15/h6-9H,15H2,1-5H3,(H,16,17). The largest absolute Gasteiger partial charge is 0.497 e. The molecule has 0 bridgehead atoms. The van der Waals surface area contributed by atoms with Crippen molar-refractivity contribution in [1.82, 2.24) is 5.32 Å². The van der Waals surface area contributed by atoms with Crippen LogP contribution in [0.1, 0.15) is 27.7 Å². The van der Waals surface area contributed by atoms with Gasteiger partial charge in [0.2, 0.25) is 5.91 Å². The minimum absolute atomic E-state index is 0.266. The number of hydrogen-bond acceptors (Lipinski definition) is 4. The Hall–Kier alpha value is -1.56. The van der Waals surface area contributed by atoms with E-state index in [1.165, 1.54) is 7.11 Å². The van der Waals surface area contributed by atoms with Gasteiger partial charge in [-0.1, -0.05) is 0 Å². The van der Waals surface area contributed by atoms with Crippen molar-refractivity contribution in [3.8, 4) is 5.75 Å². The molecule has 1 aromatic carbocycles. The van der Waals surface area contributed by atoms with Gasteiger partial charge in [-0.2, -0.15) is 0 Å². The predicted molar refractivity (Wildman–Crippen MR) is 81.2 cm³/mol. The monoisotopic (exact) mass is 298 g/mol. The highest BCUT2D eigenvalue weighted by Gasteiger charge is 2.26. The van der Waals surface area contributed by atoms with E-state index in [9.17, 15) is 9.00 Å². The van der Waals surface area contributed by atoms with Crippen LogP contribution in [-0.4, -0.2) is 28.0 Å². The number of rotatable bonds is 4. The summed E-state index contributed by atoms with van der Waals surface area (Å²) in [4.78, 5) is 12.5. The van der Waals surface area contributed by atoms with Gasteiger partial charge in [-0.05, 0) is 45.9 Å². The topological polar surface area (TPSA) is 81.4 Å². The number of ether oxygens (including phenoxy) is 1. The quantitative estimate of drug-likeness (QED) is 0.829. The van der Waals surface area contributed by atoms with E-state index in [1.807, 2.05) is 20.8 Å². The second kappa shape index (κ2) is 6.26. The van der Waals surface area contributed by atoms with Gasteiger partial charge >= 0.3 is 0 Å². The van der Waals surface area contributed by atoms with Crippen molar-refractivity contribution in [2.75, 3.05) is 12.8 Å². The van der Waals surface area contributed by atoms with Crippen molar-refractivity contribution in [1.29, 1.82) is 0 Å². The zero-order valence-corrected chi connectivity index (χ0v) is 13.3. The van der Waals surface area contributed by atoms with Crippen LogP contribution < -0.4 is 15.8 Å². The molecule has 6 heteroatoms. The molecule has 1 rings (SSSR count). The second-order valence-electron chi connectivity index (χ2n) is 5.58. The third-order valence-electron chi connectivity index (χ3n) is 2.63. The third kappa shape index (κ3) is 4.23. The van der Waals surface area contributed by atoms with E-state index in [0.717, 1.165) is 0 Å². The van der Waals surface area contributed by atoms with Gasteiger partial charge in [0.05, 0.1) is 22.8 Å². The number of hydrogen-bond donors (Lipinski definition) is 2. The van der Waals surface area contributed by atoms with Crippen LogP contribution in [0.3, 0.4) is 0 Å². The molecule has 112 valence electrons. The van der Waals surface area contributed by atoms with Crippen molar-refractivity contribution in [3.63, 3.8) is 0 Å². The molecule has 0 aromatic heterocycles. The molecule has 20 heavy (non-hydrogen) atoms. The predicted octanol–water partition coefficient (Wildman–Crippen LogP) is 1.69. The summed E-state index contributed by atoms with van der Waals surface area (Å²) >= 11 is 0. The van der Waals surface area contributed by atoms with E-state index in [4.69, 9.17) is 10.5 Å². The molecule has 0 fully saturated rings. The lowest BCUT2D eigenvalue weighted by Crippen LogP contribution is -2.46. The van der Waals surface area contributed by atoms with Gasteiger partial charge in [0.15, 0.2) is 0 Å². The molecule has 0 aliphatic rings. The SMILES string of the molecule is COc1ccc(N)c(S(=O)C(C)C(=O)NC(C)(C)C)c1. The lowest BCUT2D eigenvalue weighted by Gasteiger charge is -2.23. The summed E-state index contributed by atoms with van der Waals surface area (Å²) < 4.78 is 17.6. The van der Waals surface area contributed by atoms with Gasteiger partial charge < -0.3 is 15.8 Å². The molecule has 1 aromatic rings. The smallest absolute Gasteiger partial charge is 0.236 e. The molecule has 0 saturated carbocycles. The Bertz CT molecular complexity index is 524. The van der Waals surface area contributed by atoms with Crippen molar-refractivity contribution in [3.05, 3.63) is 18.2 Å². The minimum atomic E-state index is -1.53. The molecular weight excluding hydrogens is 276 g/mol. The number of methoxy groups -OCH3 is 1. The first kappa shape index (κ1) is 16.5. The Morgan fingerprint density at radius 1 is 1.40 bits per heavy atom. The third-order valence-corrected chi connectivity index (χ3v) is 4.27. The second-order valence-corrected chi connectivity index (χ2v) is 7.32. The Labute approximate surface area is 122 Å². The lowest BCUT2D eigenvalue weighted by atomic mass is 10.1. The highest BCUT2D eigenvalue weighted by atomic mass is 32.2. The number of carbonyl (C=O) groups is 1. The van der Waals surface area contributed by atoms with E-state index in [0.29, 0.717) is 16.3 Å². The molecule has 3 N–H and O–H groups in total. The Morgan fingerprint density at radius 3 is 2.50 bits per heavy atom. The first-order valence-corrected chi connectivity index (χ1v) is 7.53. The summed E-state index contributed by atoms with van der Waals surface area (Å²) in [5.74, 6) is 0.295. The Balaban J connectivity index is 2.97. The molecule has 2 atom stereocenters. The number of anilines is 1. The van der Waals surface area contributed by atoms with Crippen molar-refractivity contribution in [2.24, 2.45) is 0 Å². The zero-order chi connectivity index (χ0) is 15.5. The van der Waals surface area contributed by atoms with Gasteiger partial charge in [-0.3, -0.25) is 9.00 Å². The van der Waals surface area contributed by atoms with Crippen LogP contribution in [-0.2, 0) is 15.6 Å². The van der Waals surface area contributed by atoms with Crippen LogP contribution in [0.5, 0.6) is 5.75 Å². The van der Waals surface area contributed by atoms with Gasteiger partial charge in [0.25, 0.3) is 0 Å². The molecular formula is C14H22N2O3S. The molecule has 0 aliphatic carbocycles. The number of amides is 1. The molecule has 5 nitrogen and oxygen atoms in total. The van der Waals surface area contributed by atoms with Gasteiger partial charge in [0, 0.05) is 11.2 Å². The fraction of sp³-hybridized carbons (Fsp3) is 0.500. The lowest BCUT2D eigenvalue weighted by molar-refractivity contribution is -0.121. The molecule has 0 spiro atoms. The molecule has 0 saturated heterocycles. The minimum Gasteiger partial charge on any atom is -0.497 e. The Morgan fingerprint density at radius 2 is 2.00 bits per heavy atom. The number of carbonyl (C=O) groups excluding carboxylic acids is 1. The summed E-state index contributed by atoms with van der Waals surface area (Å²) in [7, 11) is -0.0117. The van der Waals surface area contributed by atoms with Gasteiger partial charge in [0.1, 0.15) is 11.0 Å². The summed E-state index contributed by atoms with van der Waals surface area (Å²) in [5, 5.41) is 2.12. The number of benzene rings is 1. The maximum Gasteiger partial charge on any atom is 0.236 e. The van der Waals surface area contributed by atoms with Crippen molar-refractivity contribution < 1.29 is 13.7 Å². The van der Waals surface area contributed by atoms with Crippen LogP contribution in [0.15, 0.2) is 23.1 Å². The van der Waals surface area contributed by atoms with Crippen LogP contribution in [0.25, 0.3) is 0 Å². The maximum absolute atomic E-state index is 12.5. The van der Waals surface area contributed by atoms with E-state index in [1.54, 1.807) is 25.1 Å². The highest BCUT2D eigenvalue weighted by Crippen LogP contribution is 2.24. The normalized spacial score (nSPS) is 14.4. The summed E-state index contributed by atoms with van der Waals surface area (Å²) in [5.41, 5.74) is 5.85. The maximum atomic E-state index is 12.5. The molecule has 0 aliphatic heterocycles. The van der Waals surface area contributed by atoms with Crippen LogP contribution >= 0.6 is 0 Å². The zero-order valence-electron chi connectivity index (χ0n) is 12.5. The van der Waals surface area contributed by atoms with E-state index < -0.39 is 16.0 Å². The first-order chi connectivity index (χ1) is 9.15. The first-order valence-electron chi connectivity index (χ1n) is 6.32. The molecule has 0 radical (unpaired) electrons. The average molecular weight is 298 g/mol. The summed E-state index contributed by atoms with van der Waals surface area (Å²) in [6.45, 7) is 7.25. The van der Waals surface area contributed by atoms with Gasteiger partial charge in [-0.25, -0.2) is 0 Å². The molecule has 1 amide bonds. The van der Waals surface area contributed by atoms with E-state index >= 15 is 0 Å². The van der Waals surface area contributed by atoms with Gasteiger partial charge in [-0.15, -0.1) is 0 Å².